The predicted molar refractivity (Wildman–Crippen MR) is 152 cm³/mol. The van der Waals surface area contributed by atoms with Gasteiger partial charge < -0.3 is 9.47 Å². The summed E-state index contributed by atoms with van der Waals surface area (Å²) in [5, 5.41) is 0. The van der Waals surface area contributed by atoms with Crippen LogP contribution in [0.1, 0.15) is 102 Å². The van der Waals surface area contributed by atoms with Gasteiger partial charge in [-0.3, -0.25) is 9.59 Å². The summed E-state index contributed by atoms with van der Waals surface area (Å²) in [6.07, 6.45) is 9.91. The highest BCUT2D eigenvalue weighted by atomic mass is 32.2. The van der Waals surface area contributed by atoms with Crippen LogP contribution in [0.25, 0.3) is 0 Å². The molecule has 0 aromatic heterocycles. The van der Waals surface area contributed by atoms with Crippen molar-refractivity contribution < 1.29 is 19.1 Å². The number of ether oxygens (including phenoxy) is 2. The smallest absolute Gasteiger partial charge is 0.306 e. The van der Waals surface area contributed by atoms with Gasteiger partial charge in [0.1, 0.15) is 0 Å². The molecule has 0 heterocycles. The van der Waals surface area contributed by atoms with E-state index in [1.54, 1.807) is 23.5 Å². The van der Waals surface area contributed by atoms with Crippen LogP contribution in [0.3, 0.4) is 0 Å². The first-order valence-corrected chi connectivity index (χ1v) is 15.7. The first-order valence-electron chi connectivity index (χ1n) is 13.6. The number of carbonyl (C=O) groups is 2. The first-order chi connectivity index (χ1) is 17.0. The van der Waals surface area contributed by atoms with Gasteiger partial charge in [0.15, 0.2) is 0 Å². The Bertz CT molecular complexity index is 630. The fourth-order valence-corrected chi connectivity index (χ4v) is 6.37. The van der Waals surface area contributed by atoms with Crippen molar-refractivity contribution in [2.45, 2.75) is 96.5 Å². The van der Waals surface area contributed by atoms with E-state index in [1.807, 2.05) is 18.2 Å². The largest absolute Gasteiger partial charge is 0.465 e. The van der Waals surface area contributed by atoms with E-state index < -0.39 is 0 Å². The van der Waals surface area contributed by atoms with Crippen LogP contribution >= 0.6 is 23.5 Å². The summed E-state index contributed by atoms with van der Waals surface area (Å²) in [4.78, 5) is 24.5. The van der Waals surface area contributed by atoms with Crippen molar-refractivity contribution in [3.63, 3.8) is 0 Å². The molecule has 0 N–H and O–H groups in total. The molecule has 0 aliphatic carbocycles. The van der Waals surface area contributed by atoms with E-state index in [1.165, 1.54) is 31.2 Å². The van der Waals surface area contributed by atoms with E-state index in [2.05, 4.69) is 39.8 Å². The zero-order valence-corrected chi connectivity index (χ0v) is 24.1. The SMILES string of the molecule is CCCCC(CC)COC(=O)CCSC(SCCC(=O)OCC(CC)CCCC)c1ccccc1. The molecule has 0 fully saturated rings. The lowest BCUT2D eigenvalue weighted by Crippen LogP contribution is -2.14. The van der Waals surface area contributed by atoms with Crippen molar-refractivity contribution in [1.29, 1.82) is 0 Å². The zero-order chi connectivity index (χ0) is 25.7. The summed E-state index contributed by atoms with van der Waals surface area (Å²) < 4.78 is 11.3. The maximum atomic E-state index is 12.3. The molecule has 0 saturated heterocycles. The van der Waals surface area contributed by atoms with E-state index in [-0.39, 0.29) is 16.5 Å². The highest BCUT2D eigenvalue weighted by molar-refractivity contribution is 8.16. The third-order valence-corrected chi connectivity index (χ3v) is 9.12. The summed E-state index contributed by atoms with van der Waals surface area (Å²) in [6, 6.07) is 10.3. The number of thioether (sulfide) groups is 2. The Morgan fingerprint density at radius 3 is 1.60 bits per heavy atom. The summed E-state index contributed by atoms with van der Waals surface area (Å²) in [6.45, 7) is 9.78. The number of hydrogen-bond acceptors (Lipinski definition) is 6. The highest BCUT2D eigenvalue weighted by Gasteiger charge is 2.16. The van der Waals surface area contributed by atoms with Gasteiger partial charge in [0.25, 0.3) is 0 Å². The standard InChI is InChI=1S/C29H48O4S2/c1-5-9-14-24(7-3)22-32-27(30)18-20-34-29(26-16-12-11-13-17-26)35-21-19-28(31)33-23-25(8-4)15-10-6-2/h11-13,16-17,24-25,29H,5-10,14-15,18-23H2,1-4H3. The molecule has 2 atom stereocenters. The van der Waals surface area contributed by atoms with E-state index in [0.29, 0.717) is 49.4 Å². The molecule has 4 nitrogen and oxygen atoms in total. The van der Waals surface area contributed by atoms with E-state index in [0.717, 1.165) is 25.7 Å². The molecular weight excluding hydrogens is 476 g/mol. The van der Waals surface area contributed by atoms with Crippen LogP contribution in [0.2, 0.25) is 0 Å². The van der Waals surface area contributed by atoms with Crippen molar-refractivity contribution in [2.75, 3.05) is 24.7 Å². The average Bonchev–Trinajstić information content (AvgIpc) is 2.88. The van der Waals surface area contributed by atoms with Gasteiger partial charge in [0.05, 0.1) is 30.6 Å². The second kappa shape index (κ2) is 21.0. The van der Waals surface area contributed by atoms with Crippen molar-refractivity contribution >= 4 is 35.5 Å². The quantitative estimate of drug-likeness (QED) is 0.119. The normalized spacial score (nSPS) is 13.7. The third-order valence-electron chi connectivity index (χ3n) is 6.27. The Kier molecular flexibility index (Phi) is 19.1. The van der Waals surface area contributed by atoms with Gasteiger partial charge in [0.2, 0.25) is 0 Å². The van der Waals surface area contributed by atoms with Gasteiger partial charge in [0, 0.05) is 11.5 Å². The van der Waals surface area contributed by atoms with Crippen LogP contribution in [0, 0.1) is 11.8 Å². The second-order valence-corrected chi connectivity index (χ2v) is 11.9. The van der Waals surface area contributed by atoms with Crippen LogP contribution in [0.4, 0.5) is 0 Å². The number of benzene rings is 1. The zero-order valence-electron chi connectivity index (χ0n) is 22.5. The van der Waals surface area contributed by atoms with Crippen LogP contribution in [-0.2, 0) is 19.1 Å². The molecule has 0 radical (unpaired) electrons. The van der Waals surface area contributed by atoms with Crippen molar-refractivity contribution in [1.82, 2.24) is 0 Å². The Labute approximate surface area is 223 Å². The lowest BCUT2D eigenvalue weighted by Gasteiger charge is -2.18. The fourth-order valence-electron chi connectivity index (χ4n) is 3.71. The van der Waals surface area contributed by atoms with Crippen molar-refractivity contribution in [2.24, 2.45) is 11.8 Å². The van der Waals surface area contributed by atoms with E-state index >= 15 is 0 Å². The number of hydrogen-bond donors (Lipinski definition) is 0. The summed E-state index contributed by atoms with van der Waals surface area (Å²) in [5.74, 6) is 2.13. The Balaban J connectivity index is 2.42. The molecule has 35 heavy (non-hydrogen) atoms. The fraction of sp³-hybridized carbons (Fsp3) is 0.724. The summed E-state index contributed by atoms with van der Waals surface area (Å²) >= 11 is 3.50. The van der Waals surface area contributed by atoms with E-state index in [9.17, 15) is 9.59 Å². The molecule has 0 amide bonds. The van der Waals surface area contributed by atoms with Gasteiger partial charge in [-0.25, -0.2) is 0 Å². The molecule has 2 unspecified atom stereocenters. The van der Waals surface area contributed by atoms with Crippen LogP contribution in [-0.4, -0.2) is 36.7 Å². The molecule has 0 bridgehead atoms. The van der Waals surface area contributed by atoms with E-state index in [4.69, 9.17) is 9.47 Å². The minimum atomic E-state index is -0.110. The minimum Gasteiger partial charge on any atom is -0.465 e. The minimum absolute atomic E-state index is 0.110. The van der Waals surface area contributed by atoms with Gasteiger partial charge in [-0.15, -0.1) is 23.5 Å². The van der Waals surface area contributed by atoms with Crippen molar-refractivity contribution in [3.05, 3.63) is 35.9 Å². The molecule has 1 aromatic rings. The lowest BCUT2D eigenvalue weighted by atomic mass is 10.0. The third kappa shape index (κ3) is 15.6. The Morgan fingerprint density at radius 2 is 1.20 bits per heavy atom. The number of carbonyl (C=O) groups excluding carboxylic acids is 2. The monoisotopic (exact) mass is 524 g/mol. The van der Waals surface area contributed by atoms with Crippen molar-refractivity contribution in [3.8, 4) is 0 Å². The summed E-state index contributed by atoms with van der Waals surface area (Å²) in [7, 11) is 0. The molecule has 6 heteroatoms. The Hall–Kier alpha value is -1.14. The lowest BCUT2D eigenvalue weighted by molar-refractivity contribution is -0.145. The second-order valence-electron chi connectivity index (χ2n) is 9.18. The van der Waals surface area contributed by atoms with Crippen LogP contribution < -0.4 is 0 Å². The molecule has 200 valence electrons. The molecular formula is C29H48O4S2. The van der Waals surface area contributed by atoms with Crippen LogP contribution in [0.5, 0.6) is 0 Å². The molecule has 1 rings (SSSR count). The Morgan fingerprint density at radius 1 is 0.743 bits per heavy atom. The first kappa shape index (κ1) is 31.9. The summed E-state index contributed by atoms with van der Waals surface area (Å²) in [5.41, 5.74) is 1.21. The molecule has 0 aliphatic rings. The maximum Gasteiger partial charge on any atom is 0.306 e. The van der Waals surface area contributed by atoms with Crippen LogP contribution in [0.15, 0.2) is 30.3 Å². The van der Waals surface area contributed by atoms with Gasteiger partial charge in [-0.1, -0.05) is 96.6 Å². The van der Waals surface area contributed by atoms with Gasteiger partial charge in [-0.05, 0) is 30.2 Å². The molecule has 0 saturated carbocycles. The average molecular weight is 525 g/mol. The number of unbranched alkanes of at least 4 members (excludes halogenated alkanes) is 2. The number of rotatable bonds is 21. The maximum absolute atomic E-state index is 12.3. The predicted octanol–water partition coefficient (Wildman–Crippen LogP) is 8.45. The highest BCUT2D eigenvalue weighted by Crippen LogP contribution is 2.40. The molecule has 0 aliphatic heterocycles. The number of esters is 2. The van der Waals surface area contributed by atoms with Gasteiger partial charge >= 0.3 is 11.9 Å². The molecule has 0 spiro atoms. The topological polar surface area (TPSA) is 52.6 Å². The molecule has 1 aromatic carbocycles. The van der Waals surface area contributed by atoms with Gasteiger partial charge in [-0.2, -0.15) is 0 Å².